The number of hydrogen-bond donors (Lipinski definition) is 3. The fourth-order valence-corrected chi connectivity index (χ4v) is 3.44. The highest BCUT2D eigenvalue weighted by molar-refractivity contribution is 6.07. The van der Waals surface area contributed by atoms with Crippen molar-refractivity contribution in [1.29, 1.82) is 0 Å². The largest absolute Gasteiger partial charge is 0.496 e. The van der Waals surface area contributed by atoms with Gasteiger partial charge in [-0.2, -0.15) is 13.2 Å². The Morgan fingerprint density at radius 2 is 1.90 bits per heavy atom. The molecule has 160 valence electrons. The number of rotatable bonds is 5. The summed E-state index contributed by atoms with van der Waals surface area (Å²) in [6, 6.07) is 6.80. The number of alkyl halides is 3. The number of aromatic nitrogens is 2. The third-order valence-electron chi connectivity index (χ3n) is 4.73. The fraction of sp³-hybridized carbons (Fsp3) is 0.333. The van der Waals surface area contributed by atoms with Crippen molar-refractivity contribution in [1.82, 2.24) is 14.9 Å². The molecule has 0 unspecified atom stereocenters. The van der Waals surface area contributed by atoms with Gasteiger partial charge in [0.2, 0.25) is 11.4 Å². The van der Waals surface area contributed by atoms with Crippen molar-refractivity contribution < 1.29 is 27.5 Å². The van der Waals surface area contributed by atoms with Crippen LogP contribution in [-0.4, -0.2) is 34.7 Å². The second kappa shape index (κ2) is 7.35. The molecule has 0 bridgehead atoms. The maximum Gasteiger partial charge on any atom is 0.425 e. The molecule has 1 aromatic carbocycles. The van der Waals surface area contributed by atoms with Crippen LogP contribution in [0.4, 0.5) is 19.0 Å². The van der Waals surface area contributed by atoms with Crippen LogP contribution in [0.5, 0.6) is 5.75 Å². The summed E-state index contributed by atoms with van der Waals surface area (Å²) in [5.74, 6) is -2.97. The van der Waals surface area contributed by atoms with Crippen LogP contribution in [-0.2, 0) is 28.1 Å². The van der Waals surface area contributed by atoms with Crippen LogP contribution in [0, 0.1) is 0 Å². The Hall–Kier alpha value is -3.57. The lowest BCUT2D eigenvalue weighted by atomic mass is 9.92. The van der Waals surface area contributed by atoms with Crippen molar-refractivity contribution in [3.05, 3.63) is 56.2 Å². The minimum absolute atomic E-state index is 0.150. The number of aromatic amines is 1. The summed E-state index contributed by atoms with van der Waals surface area (Å²) < 4.78 is 47.8. The van der Waals surface area contributed by atoms with Gasteiger partial charge >= 0.3 is 11.9 Å². The fourth-order valence-electron chi connectivity index (χ4n) is 3.44. The van der Waals surface area contributed by atoms with Crippen molar-refractivity contribution in [3.8, 4) is 5.75 Å². The zero-order valence-corrected chi connectivity index (χ0v) is 15.8. The molecule has 0 fully saturated rings. The van der Waals surface area contributed by atoms with Gasteiger partial charge in [0.25, 0.3) is 11.5 Å². The van der Waals surface area contributed by atoms with Crippen LogP contribution < -0.4 is 26.6 Å². The van der Waals surface area contributed by atoms with Crippen molar-refractivity contribution in [3.63, 3.8) is 0 Å². The Bertz CT molecular complexity index is 1140. The standard InChI is InChI=1S/C18H17F3N4O5/c1-9(26)24-17(18(19,20)21)12-13(22-15(17)28)25(16(29)23-14(12)27)8-7-10-5-3-4-6-11(10)30-2/h3-6H,7-8H2,1-2H3,(H,22,28)(H,24,26)(H,23,27,29)/t17-/m1/s1. The molecule has 2 aromatic rings. The minimum Gasteiger partial charge on any atom is -0.496 e. The maximum atomic E-state index is 13.9. The van der Waals surface area contributed by atoms with E-state index in [0.717, 1.165) is 11.5 Å². The number of carbonyl (C=O) groups excluding carboxylic acids is 2. The number of aryl methyl sites for hydroxylation is 1. The minimum atomic E-state index is -5.34. The lowest BCUT2D eigenvalue weighted by molar-refractivity contribution is -0.200. The van der Waals surface area contributed by atoms with Gasteiger partial charge in [-0.25, -0.2) is 4.79 Å². The van der Waals surface area contributed by atoms with Crippen molar-refractivity contribution in [2.75, 3.05) is 12.4 Å². The van der Waals surface area contributed by atoms with Crippen LogP contribution in [0.2, 0.25) is 0 Å². The molecule has 3 N–H and O–H groups in total. The van der Waals surface area contributed by atoms with E-state index in [0.29, 0.717) is 11.3 Å². The third kappa shape index (κ3) is 3.23. The molecule has 2 heterocycles. The number of nitrogens with one attached hydrogen (secondary N) is 3. The van der Waals surface area contributed by atoms with Crippen LogP contribution in [0.15, 0.2) is 33.9 Å². The Balaban J connectivity index is 2.16. The highest BCUT2D eigenvalue weighted by atomic mass is 19.4. The van der Waals surface area contributed by atoms with Crippen LogP contribution in [0.25, 0.3) is 0 Å². The van der Waals surface area contributed by atoms with E-state index in [-0.39, 0.29) is 13.0 Å². The maximum absolute atomic E-state index is 13.9. The molecule has 0 radical (unpaired) electrons. The highest BCUT2D eigenvalue weighted by Gasteiger charge is 2.68. The molecule has 1 aliphatic rings. The van der Waals surface area contributed by atoms with E-state index in [1.807, 2.05) is 5.32 Å². The number of amides is 2. The van der Waals surface area contributed by atoms with E-state index in [4.69, 9.17) is 4.74 Å². The van der Waals surface area contributed by atoms with Gasteiger partial charge in [-0.1, -0.05) is 18.2 Å². The number of carbonyl (C=O) groups is 2. The van der Waals surface area contributed by atoms with Crippen molar-refractivity contribution in [2.45, 2.75) is 31.6 Å². The second-order valence-electron chi connectivity index (χ2n) is 6.58. The number of anilines is 1. The topological polar surface area (TPSA) is 122 Å². The zero-order chi connectivity index (χ0) is 22.3. The number of H-pyrrole nitrogens is 1. The molecule has 30 heavy (non-hydrogen) atoms. The molecule has 9 nitrogen and oxygen atoms in total. The summed E-state index contributed by atoms with van der Waals surface area (Å²) in [4.78, 5) is 50.3. The summed E-state index contributed by atoms with van der Waals surface area (Å²) in [6.07, 6.45) is -5.19. The molecule has 1 atom stereocenters. The number of benzene rings is 1. The normalized spacial score (nSPS) is 18.0. The first-order valence-electron chi connectivity index (χ1n) is 8.69. The Morgan fingerprint density at radius 1 is 1.23 bits per heavy atom. The Labute approximate surface area is 166 Å². The number of fused-ring (bicyclic) bond motifs is 1. The van der Waals surface area contributed by atoms with Crippen LogP contribution in [0.1, 0.15) is 18.1 Å². The molecule has 12 heteroatoms. The number of para-hydroxylation sites is 1. The monoisotopic (exact) mass is 426 g/mol. The molecule has 0 saturated heterocycles. The van der Waals surface area contributed by atoms with E-state index in [9.17, 15) is 32.3 Å². The molecule has 3 rings (SSSR count). The van der Waals surface area contributed by atoms with Gasteiger partial charge < -0.3 is 15.4 Å². The summed E-state index contributed by atoms with van der Waals surface area (Å²) in [5.41, 5.74) is -6.47. The molecule has 1 aliphatic heterocycles. The van der Waals surface area contributed by atoms with Crippen LogP contribution in [0.3, 0.4) is 0 Å². The van der Waals surface area contributed by atoms with E-state index >= 15 is 0 Å². The molecule has 2 amide bonds. The molecule has 0 saturated carbocycles. The number of nitrogens with zero attached hydrogens (tertiary/aromatic N) is 1. The first-order valence-corrected chi connectivity index (χ1v) is 8.69. The van der Waals surface area contributed by atoms with Gasteiger partial charge in [0.05, 0.1) is 7.11 Å². The second-order valence-corrected chi connectivity index (χ2v) is 6.58. The van der Waals surface area contributed by atoms with Gasteiger partial charge in [0.15, 0.2) is 0 Å². The van der Waals surface area contributed by atoms with Gasteiger partial charge in [0, 0.05) is 13.5 Å². The SMILES string of the molecule is COc1ccccc1CCn1c2c(c(=O)[nH]c1=O)[C@](NC(C)=O)(C(F)(F)F)C(=O)N2. The summed E-state index contributed by atoms with van der Waals surface area (Å²) in [5, 5.41) is 3.50. The number of hydrogen-bond acceptors (Lipinski definition) is 5. The lowest BCUT2D eigenvalue weighted by Gasteiger charge is -2.29. The zero-order valence-electron chi connectivity index (χ0n) is 15.8. The summed E-state index contributed by atoms with van der Waals surface area (Å²) >= 11 is 0. The van der Waals surface area contributed by atoms with E-state index in [1.54, 1.807) is 34.6 Å². The molecule has 0 spiro atoms. The smallest absolute Gasteiger partial charge is 0.425 e. The molecule has 1 aromatic heterocycles. The van der Waals surface area contributed by atoms with Crippen molar-refractivity contribution >= 4 is 17.6 Å². The van der Waals surface area contributed by atoms with Gasteiger partial charge in [0.1, 0.15) is 17.1 Å². The summed E-state index contributed by atoms with van der Waals surface area (Å²) in [6.45, 7) is 0.608. The average molecular weight is 426 g/mol. The molecular weight excluding hydrogens is 409 g/mol. The predicted octanol–water partition coefficient (Wildman–Crippen LogP) is 0.634. The average Bonchev–Trinajstić information content (AvgIpc) is 2.94. The first kappa shape index (κ1) is 21.1. The summed E-state index contributed by atoms with van der Waals surface area (Å²) in [7, 11) is 1.44. The van der Waals surface area contributed by atoms with Gasteiger partial charge in [-0.15, -0.1) is 0 Å². The number of halogens is 3. The third-order valence-corrected chi connectivity index (χ3v) is 4.73. The Kier molecular flexibility index (Phi) is 5.18. The van der Waals surface area contributed by atoms with Crippen molar-refractivity contribution in [2.24, 2.45) is 0 Å². The lowest BCUT2D eigenvalue weighted by Crippen LogP contribution is -2.61. The predicted molar refractivity (Wildman–Crippen MR) is 98.2 cm³/mol. The highest BCUT2D eigenvalue weighted by Crippen LogP contribution is 2.44. The van der Waals surface area contributed by atoms with E-state index in [2.05, 4.69) is 0 Å². The number of methoxy groups -OCH3 is 1. The first-order chi connectivity index (χ1) is 14.0. The molecule has 0 aliphatic carbocycles. The molecular formula is C18H17F3N4O5. The van der Waals surface area contributed by atoms with Gasteiger partial charge in [-0.05, 0) is 18.1 Å². The van der Waals surface area contributed by atoms with E-state index in [1.165, 1.54) is 7.11 Å². The van der Waals surface area contributed by atoms with E-state index < -0.39 is 46.2 Å². The number of ether oxygens (including phenoxy) is 1. The quantitative estimate of drug-likeness (QED) is 0.648. The Morgan fingerprint density at radius 3 is 2.50 bits per heavy atom. The van der Waals surface area contributed by atoms with Crippen LogP contribution >= 0.6 is 0 Å². The van der Waals surface area contributed by atoms with Gasteiger partial charge in [-0.3, -0.25) is 23.9 Å².